The minimum Gasteiger partial charge on any atom is -0.352 e. The molecule has 0 radical (unpaired) electrons. The number of rotatable bonds is 10. The summed E-state index contributed by atoms with van der Waals surface area (Å²) < 4.78 is 27.8. The lowest BCUT2D eigenvalue weighted by atomic mass is 10.1. The van der Waals surface area contributed by atoms with E-state index in [9.17, 15) is 13.2 Å². The van der Waals surface area contributed by atoms with Crippen molar-refractivity contribution in [2.45, 2.75) is 37.2 Å². The van der Waals surface area contributed by atoms with Crippen LogP contribution in [0.25, 0.3) is 0 Å². The molecule has 0 aliphatic carbocycles. The van der Waals surface area contributed by atoms with Crippen LogP contribution in [0.5, 0.6) is 0 Å². The Morgan fingerprint density at radius 2 is 1.58 bits per heavy atom. The van der Waals surface area contributed by atoms with E-state index in [0.717, 1.165) is 17.1 Å². The van der Waals surface area contributed by atoms with Crippen LogP contribution in [-0.2, 0) is 27.8 Å². The summed E-state index contributed by atoms with van der Waals surface area (Å²) in [5.41, 5.74) is 1.80. The molecule has 33 heavy (non-hydrogen) atoms. The number of nitrogens with one attached hydrogen (secondary N) is 1. The average Bonchev–Trinajstić information content (AvgIpc) is 2.79. The third-order valence-corrected chi connectivity index (χ3v) is 7.62. The summed E-state index contributed by atoms with van der Waals surface area (Å²) in [5, 5.41) is 3.78. The van der Waals surface area contributed by atoms with E-state index in [2.05, 4.69) is 5.32 Å². The molecule has 0 bridgehead atoms. The number of hydrogen-bond donors (Lipinski definition) is 1. The van der Waals surface area contributed by atoms with Crippen molar-refractivity contribution in [3.8, 4) is 0 Å². The smallest absolute Gasteiger partial charge is 0.243 e. The monoisotopic (exact) mass is 504 g/mol. The lowest BCUT2D eigenvalue weighted by Gasteiger charge is -2.23. The predicted octanol–water partition coefficient (Wildman–Crippen LogP) is 5.32. The number of benzene rings is 3. The van der Waals surface area contributed by atoms with Crippen LogP contribution in [0.15, 0.2) is 83.8 Å². The van der Waals surface area contributed by atoms with Gasteiger partial charge in [-0.05, 0) is 61.2 Å². The zero-order valence-electron chi connectivity index (χ0n) is 18.2. The van der Waals surface area contributed by atoms with E-state index in [-0.39, 0.29) is 29.9 Å². The van der Waals surface area contributed by atoms with Crippen LogP contribution >= 0.6 is 23.2 Å². The maximum Gasteiger partial charge on any atom is 0.243 e. The Morgan fingerprint density at radius 1 is 0.939 bits per heavy atom. The second-order valence-corrected chi connectivity index (χ2v) is 10.6. The minimum absolute atomic E-state index is 0.0313. The van der Waals surface area contributed by atoms with Crippen LogP contribution in [0, 0.1) is 0 Å². The normalized spacial score (nSPS) is 12.5. The quantitative estimate of drug-likeness (QED) is 0.406. The number of nitrogens with zero attached hydrogens (tertiary/aromatic N) is 1. The largest absolute Gasteiger partial charge is 0.352 e. The molecule has 0 aliphatic heterocycles. The first kappa shape index (κ1) is 25.2. The van der Waals surface area contributed by atoms with E-state index in [0.29, 0.717) is 15.6 Å². The topological polar surface area (TPSA) is 66.5 Å². The maximum atomic E-state index is 13.4. The Hall–Kier alpha value is -2.38. The Labute approximate surface area is 205 Å². The van der Waals surface area contributed by atoms with Crippen LogP contribution in [0.4, 0.5) is 0 Å². The van der Waals surface area contributed by atoms with Crippen molar-refractivity contribution >= 4 is 39.1 Å². The summed E-state index contributed by atoms with van der Waals surface area (Å²) in [4.78, 5) is 12.9. The second-order valence-electron chi connectivity index (χ2n) is 7.81. The van der Waals surface area contributed by atoms with Crippen molar-refractivity contribution in [1.82, 2.24) is 9.62 Å². The molecular weight excluding hydrogens is 479 g/mol. The lowest BCUT2D eigenvalue weighted by molar-refractivity contribution is -0.122. The first-order chi connectivity index (χ1) is 15.8. The molecule has 0 saturated carbocycles. The summed E-state index contributed by atoms with van der Waals surface area (Å²) in [6.07, 6.45) is 1.55. The molecule has 0 aromatic heterocycles. The molecule has 5 nitrogen and oxygen atoms in total. The molecule has 0 aliphatic rings. The van der Waals surface area contributed by atoms with Gasteiger partial charge in [-0.1, -0.05) is 71.7 Å². The molecule has 0 unspecified atom stereocenters. The summed E-state index contributed by atoms with van der Waals surface area (Å²) >= 11 is 12.2. The van der Waals surface area contributed by atoms with Crippen molar-refractivity contribution < 1.29 is 13.2 Å². The predicted molar refractivity (Wildman–Crippen MR) is 133 cm³/mol. The fourth-order valence-corrected chi connectivity index (χ4v) is 5.07. The van der Waals surface area contributed by atoms with Crippen LogP contribution in [0.1, 0.15) is 24.5 Å². The van der Waals surface area contributed by atoms with Crippen molar-refractivity contribution in [3.63, 3.8) is 0 Å². The van der Waals surface area contributed by atoms with E-state index < -0.39 is 10.0 Å². The second kappa shape index (κ2) is 11.7. The molecule has 1 N–H and O–H groups in total. The first-order valence-electron chi connectivity index (χ1n) is 10.6. The highest BCUT2D eigenvalue weighted by Crippen LogP contribution is 2.23. The fraction of sp³-hybridized carbons (Fsp3) is 0.240. The molecule has 0 saturated heterocycles. The molecule has 8 heteroatoms. The molecule has 3 aromatic rings. The van der Waals surface area contributed by atoms with Crippen LogP contribution in [0.2, 0.25) is 10.0 Å². The Bertz CT molecular complexity index is 1170. The molecule has 3 rings (SSSR count). The average molecular weight is 505 g/mol. The summed E-state index contributed by atoms with van der Waals surface area (Å²) in [6.45, 7) is 1.55. The summed E-state index contributed by atoms with van der Waals surface area (Å²) in [5.74, 6) is -0.375. The van der Waals surface area contributed by atoms with Gasteiger partial charge in [-0.3, -0.25) is 4.79 Å². The number of halogens is 2. The number of amides is 1. The van der Waals surface area contributed by atoms with Gasteiger partial charge in [-0.25, -0.2) is 8.42 Å². The minimum atomic E-state index is -3.96. The van der Waals surface area contributed by atoms with Crippen LogP contribution in [-0.4, -0.2) is 31.2 Å². The van der Waals surface area contributed by atoms with Gasteiger partial charge in [-0.2, -0.15) is 4.31 Å². The number of carbonyl (C=O) groups excluding carboxylic acids is 1. The SMILES string of the molecule is C[C@@H](CCc1ccccc1)NC(=O)CN(Cc1ccccc1Cl)S(=O)(=O)c1ccc(Cl)cc1. The molecular formula is C25H26Cl2N2O3S. The van der Waals surface area contributed by atoms with Gasteiger partial charge in [0, 0.05) is 22.6 Å². The van der Waals surface area contributed by atoms with Crippen molar-refractivity contribution in [1.29, 1.82) is 0 Å². The van der Waals surface area contributed by atoms with Crippen molar-refractivity contribution in [3.05, 3.63) is 100 Å². The van der Waals surface area contributed by atoms with Crippen molar-refractivity contribution in [2.75, 3.05) is 6.54 Å². The zero-order valence-corrected chi connectivity index (χ0v) is 20.6. The number of sulfonamides is 1. The number of aryl methyl sites for hydroxylation is 1. The standard InChI is InChI=1S/C25H26Cl2N2O3S/c1-19(11-12-20-7-3-2-4-8-20)28-25(30)18-29(17-21-9-5-6-10-24(21)27)33(31,32)23-15-13-22(26)14-16-23/h2-10,13-16,19H,11-12,17-18H2,1H3,(H,28,30)/t19-/m0/s1. The van der Waals surface area contributed by atoms with Gasteiger partial charge >= 0.3 is 0 Å². The first-order valence-corrected chi connectivity index (χ1v) is 12.8. The van der Waals surface area contributed by atoms with E-state index in [1.165, 1.54) is 29.8 Å². The molecule has 0 fully saturated rings. The molecule has 0 heterocycles. The third-order valence-electron chi connectivity index (χ3n) is 5.19. The van der Waals surface area contributed by atoms with E-state index >= 15 is 0 Å². The lowest BCUT2D eigenvalue weighted by Crippen LogP contribution is -2.43. The van der Waals surface area contributed by atoms with Gasteiger partial charge in [0.2, 0.25) is 15.9 Å². The molecule has 0 spiro atoms. The summed E-state index contributed by atoms with van der Waals surface area (Å²) in [6, 6.07) is 22.7. The van der Waals surface area contributed by atoms with Gasteiger partial charge < -0.3 is 5.32 Å². The molecule has 3 aromatic carbocycles. The van der Waals surface area contributed by atoms with Gasteiger partial charge in [-0.15, -0.1) is 0 Å². The third kappa shape index (κ3) is 7.30. The highest BCUT2D eigenvalue weighted by Gasteiger charge is 2.28. The van der Waals surface area contributed by atoms with Gasteiger partial charge in [0.05, 0.1) is 11.4 Å². The Kier molecular flexibility index (Phi) is 8.92. The van der Waals surface area contributed by atoms with Crippen LogP contribution < -0.4 is 5.32 Å². The Morgan fingerprint density at radius 3 is 2.24 bits per heavy atom. The molecule has 1 atom stereocenters. The van der Waals surface area contributed by atoms with Crippen molar-refractivity contribution in [2.24, 2.45) is 0 Å². The van der Waals surface area contributed by atoms with Gasteiger partial charge in [0.15, 0.2) is 0 Å². The highest BCUT2D eigenvalue weighted by atomic mass is 35.5. The molecule has 1 amide bonds. The number of carbonyl (C=O) groups is 1. The van der Waals surface area contributed by atoms with E-state index in [4.69, 9.17) is 23.2 Å². The number of hydrogen-bond acceptors (Lipinski definition) is 3. The highest BCUT2D eigenvalue weighted by molar-refractivity contribution is 7.89. The maximum absolute atomic E-state index is 13.4. The molecule has 174 valence electrons. The fourth-order valence-electron chi connectivity index (χ4n) is 3.38. The van der Waals surface area contributed by atoms with Gasteiger partial charge in [0.25, 0.3) is 0 Å². The summed E-state index contributed by atoms with van der Waals surface area (Å²) in [7, 11) is -3.96. The van der Waals surface area contributed by atoms with Gasteiger partial charge in [0.1, 0.15) is 0 Å². The van der Waals surface area contributed by atoms with E-state index in [1.807, 2.05) is 37.3 Å². The zero-order chi connectivity index (χ0) is 23.8. The Balaban J connectivity index is 1.73. The van der Waals surface area contributed by atoms with Crippen LogP contribution in [0.3, 0.4) is 0 Å². The van der Waals surface area contributed by atoms with E-state index in [1.54, 1.807) is 24.3 Å².